The quantitative estimate of drug-likeness (QED) is 0.849. The number of anilines is 1. The highest BCUT2D eigenvalue weighted by Crippen LogP contribution is 2.16. The highest BCUT2D eigenvalue weighted by atomic mass is 79.9. The summed E-state index contributed by atoms with van der Waals surface area (Å²) < 4.78 is 0.832. The van der Waals surface area contributed by atoms with Gasteiger partial charge < -0.3 is 14.9 Å². The van der Waals surface area contributed by atoms with E-state index in [1.807, 2.05) is 11.8 Å². The van der Waals surface area contributed by atoms with Gasteiger partial charge in [0.1, 0.15) is 0 Å². The van der Waals surface area contributed by atoms with E-state index in [-0.39, 0.29) is 6.04 Å². The number of amides is 1. The van der Waals surface area contributed by atoms with Gasteiger partial charge in [-0.2, -0.15) is 0 Å². The van der Waals surface area contributed by atoms with Crippen LogP contribution in [0.1, 0.15) is 6.92 Å². The number of nitrogens with zero attached hydrogens (tertiary/aromatic N) is 4. The summed E-state index contributed by atoms with van der Waals surface area (Å²) in [6.45, 7) is 3.61. The van der Waals surface area contributed by atoms with E-state index in [0.29, 0.717) is 25.6 Å². The van der Waals surface area contributed by atoms with Gasteiger partial charge in [-0.05, 0) is 22.9 Å². The van der Waals surface area contributed by atoms with Gasteiger partial charge in [-0.1, -0.05) is 0 Å². The normalized spacial score (nSPS) is 20.5. The van der Waals surface area contributed by atoms with Crippen molar-refractivity contribution in [3.63, 3.8) is 0 Å². The fourth-order valence-electron chi connectivity index (χ4n) is 1.89. The third-order valence-electron chi connectivity index (χ3n) is 2.76. The molecule has 7 heteroatoms. The van der Waals surface area contributed by atoms with E-state index < -0.39 is 6.09 Å². The molecule has 0 bridgehead atoms. The highest BCUT2D eigenvalue weighted by molar-refractivity contribution is 9.10. The van der Waals surface area contributed by atoms with Gasteiger partial charge in [-0.25, -0.2) is 14.8 Å². The standard InChI is InChI=1S/C10H13BrN4O2/c1-7-6-14(2-3-15(7)10(16)17)9-12-4-8(11)5-13-9/h4-5,7H,2-3,6H2,1H3,(H,16,17). The van der Waals surface area contributed by atoms with Gasteiger partial charge in [0.25, 0.3) is 0 Å². The zero-order valence-corrected chi connectivity index (χ0v) is 11.0. The lowest BCUT2D eigenvalue weighted by Gasteiger charge is -2.38. The van der Waals surface area contributed by atoms with Crippen LogP contribution in [0.5, 0.6) is 0 Å². The molecular formula is C10H13BrN4O2. The monoisotopic (exact) mass is 300 g/mol. The molecule has 0 saturated carbocycles. The molecule has 0 aliphatic carbocycles. The Hall–Kier alpha value is -1.37. The van der Waals surface area contributed by atoms with Crippen LogP contribution in [-0.4, -0.2) is 51.7 Å². The van der Waals surface area contributed by atoms with Crippen LogP contribution >= 0.6 is 15.9 Å². The molecule has 1 fully saturated rings. The summed E-state index contributed by atoms with van der Waals surface area (Å²) in [5.74, 6) is 0.644. The SMILES string of the molecule is CC1CN(c2ncc(Br)cn2)CCN1C(=O)O. The second-order valence-corrected chi connectivity index (χ2v) is 4.89. The van der Waals surface area contributed by atoms with Crippen molar-refractivity contribution in [2.45, 2.75) is 13.0 Å². The summed E-state index contributed by atoms with van der Waals surface area (Å²) >= 11 is 3.28. The number of aromatic nitrogens is 2. The fraction of sp³-hybridized carbons (Fsp3) is 0.500. The van der Waals surface area contributed by atoms with Crippen LogP contribution in [0.15, 0.2) is 16.9 Å². The third-order valence-corrected chi connectivity index (χ3v) is 3.17. The molecule has 2 heterocycles. The van der Waals surface area contributed by atoms with Gasteiger partial charge in [-0.15, -0.1) is 0 Å². The van der Waals surface area contributed by atoms with Gasteiger partial charge in [0, 0.05) is 38.1 Å². The maximum absolute atomic E-state index is 10.9. The Morgan fingerprint density at radius 3 is 2.65 bits per heavy atom. The van der Waals surface area contributed by atoms with E-state index in [9.17, 15) is 4.79 Å². The molecule has 0 aromatic carbocycles. The smallest absolute Gasteiger partial charge is 0.407 e. The van der Waals surface area contributed by atoms with Gasteiger partial charge in [0.15, 0.2) is 0 Å². The molecular weight excluding hydrogens is 288 g/mol. The molecule has 1 aliphatic rings. The van der Waals surface area contributed by atoms with Crippen LogP contribution in [0.2, 0.25) is 0 Å². The van der Waals surface area contributed by atoms with Crippen molar-refractivity contribution >= 4 is 28.0 Å². The molecule has 0 radical (unpaired) electrons. The molecule has 1 amide bonds. The van der Waals surface area contributed by atoms with E-state index in [0.717, 1.165) is 4.47 Å². The minimum Gasteiger partial charge on any atom is -0.465 e. The Balaban J connectivity index is 2.06. The van der Waals surface area contributed by atoms with Crippen LogP contribution < -0.4 is 4.90 Å². The molecule has 1 unspecified atom stereocenters. The molecule has 1 aromatic rings. The minimum atomic E-state index is -0.867. The molecule has 0 spiro atoms. The molecule has 92 valence electrons. The molecule has 1 aromatic heterocycles. The summed E-state index contributed by atoms with van der Waals surface area (Å²) in [4.78, 5) is 22.8. The third kappa shape index (κ3) is 2.66. The van der Waals surface area contributed by atoms with Crippen molar-refractivity contribution in [3.05, 3.63) is 16.9 Å². The summed E-state index contributed by atoms with van der Waals surface area (Å²) in [6, 6.07) is -0.0477. The number of hydrogen-bond acceptors (Lipinski definition) is 4. The van der Waals surface area contributed by atoms with E-state index in [1.54, 1.807) is 12.4 Å². The second kappa shape index (κ2) is 4.87. The molecule has 1 saturated heterocycles. The van der Waals surface area contributed by atoms with Crippen LogP contribution in [0.4, 0.5) is 10.7 Å². The largest absolute Gasteiger partial charge is 0.465 e. The molecule has 17 heavy (non-hydrogen) atoms. The van der Waals surface area contributed by atoms with Crippen molar-refractivity contribution < 1.29 is 9.90 Å². The predicted octanol–water partition coefficient (Wildman–Crippen LogP) is 1.43. The summed E-state index contributed by atoms with van der Waals surface area (Å²) in [5, 5.41) is 8.97. The van der Waals surface area contributed by atoms with Crippen LogP contribution in [0.3, 0.4) is 0 Å². The molecule has 1 aliphatic heterocycles. The molecule has 1 N–H and O–H groups in total. The number of carboxylic acid groups (broad SMARTS) is 1. The number of piperazine rings is 1. The number of hydrogen-bond donors (Lipinski definition) is 1. The van der Waals surface area contributed by atoms with Gasteiger partial charge in [0.05, 0.1) is 4.47 Å². The maximum Gasteiger partial charge on any atom is 0.407 e. The lowest BCUT2D eigenvalue weighted by molar-refractivity contribution is 0.122. The van der Waals surface area contributed by atoms with Gasteiger partial charge in [0.2, 0.25) is 5.95 Å². The fourth-order valence-corrected chi connectivity index (χ4v) is 2.10. The Morgan fingerprint density at radius 2 is 2.12 bits per heavy atom. The minimum absolute atomic E-state index is 0.0477. The predicted molar refractivity (Wildman–Crippen MR) is 66.1 cm³/mol. The summed E-state index contributed by atoms with van der Waals surface area (Å²) in [5.41, 5.74) is 0. The maximum atomic E-state index is 10.9. The first kappa shape index (κ1) is 12.1. The second-order valence-electron chi connectivity index (χ2n) is 3.97. The lowest BCUT2D eigenvalue weighted by atomic mass is 10.2. The number of carbonyl (C=O) groups is 1. The topological polar surface area (TPSA) is 69.6 Å². The Labute approximate surface area is 107 Å². The van der Waals surface area contributed by atoms with Crippen molar-refractivity contribution in [3.8, 4) is 0 Å². The summed E-state index contributed by atoms with van der Waals surface area (Å²) in [7, 11) is 0. The van der Waals surface area contributed by atoms with Crippen LogP contribution in [0.25, 0.3) is 0 Å². The van der Waals surface area contributed by atoms with Crippen LogP contribution in [-0.2, 0) is 0 Å². The Kier molecular flexibility index (Phi) is 3.46. The average molecular weight is 301 g/mol. The van der Waals surface area contributed by atoms with Crippen molar-refractivity contribution in [2.24, 2.45) is 0 Å². The number of halogens is 1. The van der Waals surface area contributed by atoms with E-state index >= 15 is 0 Å². The average Bonchev–Trinajstić information content (AvgIpc) is 2.29. The van der Waals surface area contributed by atoms with E-state index in [1.165, 1.54) is 4.90 Å². The molecule has 2 rings (SSSR count). The number of rotatable bonds is 1. The van der Waals surface area contributed by atoms with Crippen molar-refractivity contribution in [1.29, 1.82) is 0 Å². The first-order valence-corrected chi connectivity index (χ1v) is 6.09. The Morgan fingerprint density at radius 1 is 1.47 bits per heavy atom. The lowest BCUT2D eigenvalue weighted by Crippen LogP contribution is -2.54. The Bertz CT molecular complexity index is 411. The van der Waals surface area contributed by atoms with Gasteiger partial charge in [-0.3, -0.25) is 0 Å². The summed E-state index contributed by atoms with van der Waals surface area (Å²) in [6.07, 6.45) is 2.52. The first-order valence-electron chi connectivity index (χ1n) is 5.30. The zero-order valence-electron chi connectivity index (χ0n) is 9.38. The van der Waals surface area contributed by atoms with E-state index in [4.69, 9.17) is 5.11 Å². The molecule has 6 nitrogen and oxygen atoms in total. The first-order chi connectivity index (χ1) is 8.08. The zero-order chi connectivity index (χ0) is 12.4. The highest BCUT2D eigenvalue weighted by Gasteiger charge is 2.28. The molecule has 1 atom stereocenters. The van der Waals surface area contributed by atoms with Gasteiger partial charge >= 0.3 is 6.09 Å². The van der Waals surface area contributed by atoms with Crippen molar-refractivity contribution in [1.82, 2.24) is 14.9 Å². The van der Waals surface area contributed by atoms with Crippen molar-refractivity contribution in [2.75, 3.05) is 24.5 Å². The van der Waals surface area contributed by atoms with E-state index in [2.05, 4.69) is 25.9 Å². The van der Waals surface area contributed by atoms with Crippen LogP contribution in [0, 0.1) is 0 Å².